The van der Waals surface area contributed by atoms with E-state index < -0.39 is 5.97 Å². The van der Waals surface area contributed by atoms with Gasteiger partial charge in [0.25, 0.3) is 0 Å². The van der Waals surface area contributed by atoms with Crippen molar-refractivity contribution < 1.29 is 14.7 Å². The maximum atomic E-state index is 11.4. The number of carbonyl (C=O) groups excluding carboxylic acids is 1. The number of hydrogen-bond donors (Lipinski definition) is 1. The first kappa shape index (κ1) is 15.9. The maximum Gasteiger partial charge on any atom is 0.303 e. The van der Waals surface area contributed by atoms with Crippen LogP contribution in [0.5, 0.6) is 0 Å². The summed E-state index contributed by atoms with van der Waals surface area (Å²) in [5.74, 6) is -0.736. The number of amides is 1. The molecule has 0 atom stereocenters. The number of carboxylic acid groups (broad SMARTS) is 1. The fourth-order valence-electron chi connectivity index (χ4n) is 2.25. The zero-order chi connectivity index (χ0) is 13.9. The summed E-state index contributed by atoms with van der Waals surface area (Å²) in [4.78, 5) is 23.7. The van der Waals surface area contributed by atoms with E-state index in [0.29, 0.717) is 6.42 Å². The van der Waals surface area contributed by atoms with E-state index in [1.165, 1.54) is 0 Å². The highest BCUT2D eigenvalue weighted by molar-refractivity contribution is 5.73. The third kappa shape index (κ3) is 5.71. The summed E-state index contributed by atoms with van der Waals surface area (Å²) in [6.45, 7) is 9.66. The minimum Gasteiger partial charge on any atom is -0.481 e. The molecule has 0 spiro atoms. The molecule has 100 valence electrons. The number of carboxylic acids is 1. The summed E-state index contributed by atoms with van der Waals surface area (Å²) in [6.07, 6.45) is 1.58. The van der Waals surface area contributed by atoms with Crippen molar-refractivity contribution in [2.75, 3.05) is 7.05 Å². The number of hydrogen-bond acceptors (Lipinski definition) is 2. The fourth-order valence-corrected chi connectivity index (χ4v) is 2.25. The summed E-state index contributed by atoms with van der Waals surface area (Å²) < 4.78 is 0. The molecule has 1 N–H and O–H groups in total. The molecule has 0 aliphatic heterocycles. The van der Waals surface area contributed by atoms with Crippen LogP contribution in [0.1, 0.15) is 53.9 Å². The molecule has 0 aliphatic rings. The molecule has 0 aromatic carbocycles. The average molecular weight is 243 g/mol. The van der Waals surface area contributed by atoms with Crippen LogP contribution < -0.4 is 0 Å². The van der Waals surface area contributed by atoms with Gasteiger partial charge in [-0.3, -0.25) is 9.59 Å². The average Bonchev–Trinajstić information content (AvgIpc) is 2.12. The van der Waals surface area contributed by atoms with Crippen molar-refractivity contribution >= 4 is 11.9 Å². The van der Waals surface area contributed by atoms with E-state index in [0.717, 1.165) is 6.42 Å². The molecule has 1 amide bonds. The predicted octanol–water partition coefficient (Wildman–Crippen LogP) is 2.52. The molecule has 0 aromatic rings. The molecule has 0 unspecified atom stereocenters. The minimum atomic E-state index is -0.768. The summed E-state index contributed by atoms with van der Waals surface area (Å²) in [6, 6.07) is 0. The lowest BCUT2D eigenvalue weighted by atomic mass is 9.76. The van der Waals surface area contributed by atoms with Gasteiger partial charge in [0.15, 0.2) is 0 Å². The van der Waals surface area contributed by atoms with Gasteiger partial charge in [0.2, 0.25) is 5.91 Å². The van der Waals surface area contributed by atoms with Crippen molar-refractivity contribution in [3.8, 4) is 0 Å². The molecule has 0 aliphatic carbocycles. The summed E-state index contributed by atoms with van der Waals surface area (Å²) in [5, 5.41) is 8.71. The van der Waals surface area contributed by atoms with Crippen molar-refractivity contribution in [1.82, 2.24) is 4.90 Å². The highest BCUT2D eigenvalue weighted by Gasteiger charge is 2.33. The second kappa shape index (κ2) is 5.52. The summed E-state index contributed by atoms with van der Waals surface area (Å²) in [5.41, 5.74) is -0.348. The molecule has 0 aromatic heterocycles. The number of rotatable bonds is 6. The molecule has 0 saturated heterocycles. The SMILES string of the molecule is CC(=O)N(C)C(C)(C)CC(C)(C)CCC(=O)O. The molecule has 17 heavy (non-hydrogen) atoms. The fraction of sp³-hybridized carbons (Fsp3) is 0.846. The number of carbonyl (C=O) groups is 2. The van der Waals surface area contributed by atoms with Crippen LogP contribution in [-0.2, 0) is 9.59 Å². The van der Waals surface area contributed by atoms with Gasteiger partial charge in [0, 0.05) is 25.9 Å². The Morgan fingerprint density at radius 3 is 2.00 bits per heavy atom. The van der Waals surface area contributed by atoms with Gasteiger partial charge in [-0.25, -0.2) is 0 Å². The third-order valence-corrected chi connectivity index (χ3v) is 3.31. The molecular formula is C13H25NO3. The Hall–Kier alpha value is -1.06. The van der Waals surface area contributed by atoms with Gasteiger partial charge in [-0.15, -0.1) is 0 Å². The van der Waals surface area contributed by atoms with E-state index in [9.17, 15) is 9.59 Å². The quantitative estimate of drug-likeness (QED) is 0.780. The smallest absolute Gasteiger partial charge is 0.303 e. The van der Waals surface area contributed by atoms with Crippen LogP contribution in [0.3, 0.4) is 0 Å². The lowest BCUT2D eigenvalue weighted by Gasteiger charge is -2.41. The topological polar surface area (TPSA) is 57.6 Å². The van der Waals surface area contributed by atoms with Gasteiger partial charge < -0.3 is 10.0 Å². The minimum absolute atomic E-state index is 0.0315. The molecule has 0 fully saturated rings. The zero-order valence-electron chi connectivity index (χ0n) is 11.8. The van der Waals surface area contributed by atoms with Crippen LogP contribution in [0.2, 0.25) is 0 Å². The van der Waals surface area contributed by atoms with Crippen LogP contribution in [0.15, 0.2) is 0 Å². The molecule has 0 rings (SSSR count). The highest BCUT2D eigenvalue weighted by Crippen LogP contribution is 2.34. The van der Waals surface area contributed by atoms with Crippen LogP contribution in [0.25, 0.3) is 0 Å². The van der Waals surface area contributed by atoms with E-state index >= 15 is 0 Å². The molecule has 0 heterocycles. The molecule has 0 saturated carbocycles. The monoisotopic (exact) mass is 243 g/mol. The standard InChI is InChI=1S/C13H25NO3/c1-10(15)14(6)13(4,5)9-12(2,3)8-7-11(16)17/h7-9H2,1-6H3,(H,16,17). The van der Waals surface area contributed by atoms with Crippen molar-refractivity contribution in [2.45, 2.75) is 59.4 Å². The van der Waals surface area contributed by atoms with Crippen LogP contribution >= 0.6 is 0 Å². The Morgan fingerprint density at radius 2 is 1.65 bits per heavy atom. The molecule has 0 radical (unpaired) electrons. The largest absolute Gasteiger partial charge is 0.481 e. The van der Waals surface area contributed by atoms with E-state index in [4.69, 9.17) is 5.11 Å². The van der Waals surface area contributed by atoms with Crippen LogP contribution in [0, 0.1) is 5.41 Å². The third-order valence-electron chi connectivity index (χ3n) is 3.31. The Balaban J connectivity index is 4.57. The lowest BCUT2D eigenvalue weighted by Crippen LogP contribution is -2.46. The Morgan fingerprint density at radius 1 is 1.18 bits per heavy atom. The van der Waals surface area contributed by atoms with E-state index in [1.54, 1.807) is 18.9 Å². The Bertz CT molecular complexity index is 295. The Kier molecular flexibility index (Phi) is 5.17. The van der Waals surface area contributed by atoms with Crippen molar-refractivity contribution in [3.63, 3.8) is 0 Å². The Labute approximate surface area is 104 Å². The molecular weight excluding hydrogens is 218 g/mol. The van der Waals surface area contributed by atoms with Gasteiger partial charge in [0.1, 0.15) is 0 Å². The summed E-state index contributed by atoms with van der Waals surface area (Å²) in [7, 11) is 1.79. The normalized spacial score (nSPS) is 12.4. The number of aliphatic carboxylic acids is 1. The summed E-state index contributed by atoms with van der Waals surface area (Å²) >= 11 is 0. The first-order valence-corrected chi connectivity index (χ1v) is 5.94. The zero-order valence-corrected chi connectivity index (χ0v) is 11.8. The van der Waals surface area contributed by atoms with E-state index in [-0.39, 0.29) is 23.3 Å². The van der Waals surface area contributed by atoms with Gasteiger partial charge in [-0.05, 0) is 32.1 Å². The van der Waals surface area contributed by atoms with E-state index in [2.05, 4.69) is 0 Å². The maximum absolute atomic E-state index is 11.4. The van der Waals surface area contributed by atoms with Crippen molar-refractivity contribution in [2.24, 2.45) is 5.41 Å². The highest BCUT2D eigenvalue weighted by atomic mass is 16.4. The van der Waals surface area contributed by atoms with Crippen molar-refractivity contribution in [3.05, 3.63) is 0 Å². The lowest BCUT2D eigenvalue weighted by molar-refractivity contribution is -0.138. The first-order valence-electron chi connectivity index (χ1n) is 5.94. The van der Waals surface area contributed by atoms with Gasteiger partial charge in [-0.2, -0.15) is 0 Å². The van der Waals surface area contributed by atoms with Gasteiger partial charge in [-0.1, -0.05) is 13.8 Å². The second-order valence-electron chi connectivity index (χ2n) is 6.13. The van der Waals surface area contributed by atoms with Gasteiger partial charge in [0.05, 0.1) is 0 Å². The number of nitrogens with zero attached hydrogens (tertiary/aromatic N) is 1. The molecule has 4 heteroatoms. The van der Waals surface area contributed by atoms with Crippen LogP contribution in [0.4, 0.5) is 0 Å². The van der Waals surface area contributed by atoms with E-state index in [1.807, 2.05) is 27.7 Å². The predicted molar refractivity (Wildman–Crippen MR) is 67.8 cm³/mol. The molecule has 4 nitrogen and oxygen atoms in total. The first-order chi connectivity index (χ1) is 7.48. The molecule has 0 bridgehead atoms. The van der Waals surface area contributed by atoms with Gasteiger partial charge >= 0.3 is 5.97 Å². The second-order valence-corrected chi connectivity index (χ2v) is 6.13. The van der Waals surface area contributed by atoms with Crippen LogP contribution in [-0.4, -0.2) is 34.5 Å². The van der Waals surface area contributed by atoms with Crippen molar-refractivity contribution in [1.29, 1.82) is 0 Å².